The van der Waals surface area contributed by atoms with E-state index in [1.165, 1.54) is 0 Å². The molecule has 18 heavy (non-hydrogen) atoms. The smallest absolute Gasteiger partial charge is 0.222 e. The van der Waals surface area contributed by atoms with Crippen molar-refractivity contribution in [3.63, 3.8) is 0 Å². The van der Waals surface area contributed by atoms with Crippen LogP contribution < -0.4 is 5.32 Å². The molecule has 0 spiro atoms. The van der Waals surface area contributed by atoms with E-state index in [1.807, 2.05) is 0 Å². The maximum Gasteiger partial charge on any atom is 0.222 e. The van der Waals surface area contributed by atoms with Gasteiger partial charge in [0.1, 0.15) is 0 Å². The van der Waals surface area contributed by atoms with Gasteiger partial charge in [0.05, 0.1) is 6.61 Å². The van der Waals surface area contributed by atoms with Crippen molar-refractivity contribution in [3.05, 3.63) is 0 Å². The van der Waals surface area contributed by atoms with Crippen LogP contribution in [0.15, 0.2) is 0 Å². The van der Waals surface area contributed by atoms with E-state index in [1.54, 1.807) is 0 Å². The van der Waals surface area contributed by atoms with E-state index in [-0.39, 0.29) is 24.5 Å². The fraction of sp³-hybridized carbons (Fsp3) is 0.929. The number of carbonyl (C=O) groups is 1. The first kappa shape index (κ1) is 15.4. The van der Waals surface area contributed by atoms with Crippen molar-refractivity contribution in [2.75, 3.05) is 19.8 Å². The highest BCUT2D eigenvalue weighted by Crippen LogP contribution is 2.23. The highest BCUT2D eigenvalue weighted by molar-refractivity contribution is 5.76. The van der Waals surface area contributed by atoms with Gasteiger partial charge in [0.2, 0.25) is 5.91 Å². The molecule has 0 radical (unpaired) electrons. The van der Waals surface area contributed by atoms with Crippen molar-refractivity contribution in [2.24, 2.45) is 11.8 Å². The summed E-state index contributed by atoms with van der Waals surface area (Å²) in [4.78, 5) is 11.7. The third kappa shape index (κ3) is 5.83. The number of rotatable bonds is 7. The van der Waals surface area contributed by atoms with Gasteiger partial charge in [0, 0.05) is 31.6 Å². The Labute approximate surface area is 110 Å². The molecule has 2 atom stereocenters. The first-order valence-electron chi connectivity index (χ1n) is 7.11. The Morgan fingerprint density at radius 2 is 2.11 bits per heavy atom. The summed E-state index contributed by atoms with van der Waals surface area (Å²) in [6, 6.07) is 0.154. The summed E-state index contributed by atoms with van der Waals surface area (Å²) in [5, 5.41) is 12.3. The molecule has 4 heteroatoms. The summed E-state index contributed by atoms with van der Waals surface area (Å²) in [6.45, 7) is 5.55. The van der Waals surface area contributed by atoms with Gasteiger partial charge in [-0.2, -0.15) is 0 Å². The van der Waals surface area contributed by atoms with Gasteiger partial charge in [0.25, 0.3) is 0 Å². The summed E-state index contributed by atoms with van der Waals surface area (Å²) in [7, 11) is 0. The zero-order valence-electron chi connectivity index (χ0n) is 11.7. The number of amides is 1. The summed E-state index contributed by atoms with van der Waals surface area (Å²) < 4.78 is 5.40. The van der Waals surface area contributed by atoms with E-state index in [0.717, 1.165) is 25.7 Å². The van der Waals surface area contributed by atoms with Gasteiger partial charge in [-0.1, -0.05) is 26.7 Å². The molecule has 1 saturated carbocycles. The molecular weight excluding hydrogens is 230 g/mol. The quantitative estimate of drug-likeness (QED) is 0.683. The van der Waals surface area contributed by atoms with Gasteiger partial charge in [0.15, 0.2) is 0 Å². The second-order valence-electron chi connectivity index (χ2n) is 5.62. The first-order chi connectivity index (χ1) is 8.63. The molecule has 0 bridgehead atoms. The third-order valence-corrected chi connectivity index (χ3v) is 3.41. The van der Waals surface area contributed by atoms with Crippen LogP contribution in [0.25, 0.3) is 0 Å². The van der Waals surface area contributed by atoms with Crippen LogP contribution in [-0.4, -0.2) is 36.9 Å². The molecule has 1 rings (SSSR count). The van der Waals surface area contributed by atoms with Crippen molar-refractivity contribution >= 4 is 5.91 Å². The Morgan fingerprint density at radius 1 is 1.39 bits per heavy atom. The fourth-order valence-electron chi connectivity index (χ4n) is 2.38. The van der Waals surface area contributed by atoms with Gasteiger partial charge in [-0.25, -0.2) is 0 Å². The summed E-state index contributed by atoms with van der Waals surface area (Å²) in [6.07, 6.45) is 4.73. The van der Waals surface area contributed by atoms with Gasteiger partial charge >= 0.3 is 0 Å². The average Bonchev–Trinajstić information content (AvgIpc) is 2.35. The number of hydrogen-bond acceptors (Lipinski definition) is 3. The van der Waals surface area contributed by atoms with Crippen LogP contribution in [0.1, 0.15) is 46.0 Å². The molecule has 1 amide bonds. The number of ether oxygens (including phenoxy) is 1. The molecule has 0 aliphatic heterocycles. The second-order valence-corrected chi connectivity index (χ2v) is 5.62. The molecule has 0 aromatic rings. The Hall–Kier alpha value is -0.610. The van der Waals surface area contributed by atoms with E-state index >= 15 is 0 Å². The van der Waals surface area contributed by atoms with Crippen LogP contribution in [-0.2, 0) is 9.53 Å². The Kier molecular flexibility index (Phi) is 7.28. The predicted molar refractivity (Wildman–Crippen MR) is 71.2 cm³/mol. The molecule has 2 N–H and O–H groups in total. The SMILES string of the molecule is CC(C)COCCC(=O)NC1CCCCC1CO. The van der Waals surface area contributed by atoms with Crippen LogP contribution in [0.4, 0.5) is 0 Å². The summed E-state index contributed by atoms with van der Waals surface area (Å²) in [5.74, 6) is 0.786. The zero-order chi connectivity index (χ0) is 13.4. The predicted octanol–water partition coefficient (Wildman–Crippen LogP) is 1.72. The summed E-state index contributed by atoms with van der Waals surface area (Å²) in [5.41, 5.74) is 0. The van der Waals surface area contributed by atoms with Crippen molar-refractivity contribution in [2.45, 2.75) is 52.0 Å². The molecule has 0 heterocycles. The number of hydrogen-bond donors (Lipinski definition) is 2. The Morgan fingerprint density at radius 3 is 2.78 bits per heavy atom. The van der Waals surface area contributed by atoms with Gasteiger partial charge in [-0.3, -0.25) is 4.79 Å². The van der Waals surface area contributed by atoms with Crippen molar-refractivity contribution in [1.29, 1.82) is 0 Å². The van der Waals surface area contributed by atoms with Gasteiger partial charge in [-0.15, -0.1) is 0 Å². The monoisotopic (exact) mass is 257 g/mol. The van der Waals surface area contributed by atoms with Crippen molar-refractivity contribution in [3.8, 4) is 0 Å². The molecule has 0 aromatic heterocycles. The van der Waals surface area contributed by atoms with E-state index < -0.39 is 0 Å². The number of aliphatic hydroxyl groups is 1. The maximum atomic E-state index is 11.7. The zero-order valence-corrected chi connectivity index (χ0v) is 11.7. The maximum absolute atomic E-state index is 11.7. The van der Waals surface area contributed by atoms with Crippen molar-refractivity contribution in [1.82, 2.24) is 5.32 Å². The van der Waals surface area contributed by atoms with Crippen molar-refractivity contribution < 1.29 is 14.6 Å². The third-order valence-electron chi connectivity index (χ3n) is 3.41. The largest absolute Gasteiger partial charge is 0.396 e. The van der Waals surface area contributed by atoms with Gasteiger partial charge < -0.3 is 15.2 Å². The van der Waals surface area contributed by atoms with E-state index in [0.29, 0.717) is 25.6 Å². The lowest BCUT2D eigenvalue weighted by Gasteiger charge is -2.30. The van der Waals surface area contributed by atoms with E-state index in [2.05, 4.69) is 19.2 Å². The normalized spacial score (nSPS) is 24.2. The topological polar surface area (TPSA) is 58.6 Å². The Balaban J connectivity index is 2.18. The van der Waals surface area contributed by atoms with Crippen LogP contribution in [0.3, 0.4) is 0 Å². The minimum Gasteiger partial charge on any atom is -0.396 e. The molecule has 0 saturated heterocycles. The molecule has 1 aliphatic carbocycles. The standard InChI is InChI=1S/C14H27NO3/c1-11(2)10-18-8-7-14(17)15-13-6-4-3-5-12(13)9-16/h11-13,16H,3-10H2,1-2H3,(H,15,17). The summed E-state index contributed by atoms with van der Waals surface area (Å²) >= 11 is 0. The number of aliphatic hydroxyl groups excluding tert-OH is 1. The van der Waals surface area contributed by atoms with Crippen LogP contribution in [0.5, 0.6) is 0 Å². The lowest BCUT2D eigenvalue weighted by molar-refractivity contribution is -0.123. The first-order valence-corrected chi connectivity index (χ1v) is 7.11. The molecular formula is C14H27NO3. The minimum absolute atomic E-state index is 0.0455. The molecule has 2 unspecified atom stereocenters. The molecule has 1 fully saturated rings. The van der Waals surface area contributed by atoms with Gasteiger partial charge in [-0.05, 0) is 18.8 Å². The minimum atomic E-state index is 0.0455. The van der Waals surface area contributed by atoms with Crippen LogP contribution >= 0.6 is 0 Å². The Bertz CT molecular complexity index is 243. The number of nitrogens with one attached hydrogen (secondary N) is 1. The van der Waals surface area contributed by atoms with E-state index in [4.69, 9.17) is 4.74 Å². The van der Waals surface area contributed by atoms with E-state index in [9.17, 15) is 9.90 Å². The lowest BCUT2D eigenvalue weighted by atomic mass is 9.85. The molecule has 0 aromatic carbocycles. The fourth-order valence-corrected chi connectivity index (χ4v) is 2.38. The van der Waals surface area contributed by atoms with Crippen LogP contribution in [0.2, 0.25) is 0 Å². The van der Waals surface area contributed by atoms with Crippen LogP contribution in [0, 0.1) is 11.8 Å². The molecule has 106 valence electrons. The molecule has 1 aliphatic rings. The second kappa shape index (κ2) is 8.48. The average molecular weight is 257 g/mol. The number of carbonyl (C=O) groups excluding carboxylic acids is 1. The molecule has 4 nitrogen and oxygen atoms in total. The highest BCUT2D eigenvalue weighted by atomic mass is 16.5. The lowest BCUT2D eigenvalue weighted by Crippen LogP contribution is -2.43. The highest BCUT2D eigenvalue weighted by Gasteiger charge is 2.25.